The van der Waals surface area contributed by atoms with Crippen LogP contribution in [0.15, 0.2) is 36.9 Å². The quantitative estimate of drug-likeness (QED) is 0.354. The Hall–Kier alpha value is -1.13. The van der Waals surface area contributed by atoms with Crippen molar-refractivity contribution in [2.45, 2.75) is 45.4 Å². The lowest BCUT2D eigenvalue weighted by Crippen LogP contribution is -2.10. The molecule has 3 nitrogen and oxygen atoms in total. The van der Waals surface area contributed by atoms with Gasteiger partial charge in [0.25, 0.3) is 10.1 Å². The van der Waals surface area contributed by atoms with Crippen LogP contribution in [0.3, 0.4) is 0 Å². The van der Waals surface area contributed by atoms with Crippen LogP contribution in [0.5, 0.6) is 0 Å². The number of aryl methyl sites for hydroxylation is 2. The summed E-state index contributed by atoms with van der Waals surface area (Å²) >= 11 is 0. The summed E-state index contributed by atoms with van der Waals surface area (Å²) in [6.45, 7) is 5.84. The zero-order valence-electron chi connectivity index (χ0n) is 12.9. The largest absolute Gasteiger partial charge is 0.270 e. The van der Waals surface area contributed by atoms with E-state index in [-0.39, 0.29) is 12.4 Å². The lowest BCUT2D eigenvalue weighted by molar-refractivity contribution is 0.314. The molecule has 0 unspecified atom stereocenters. The van der Waals surface area contributed by atoms with Crippen LogP contribution in [0.25, 0.3) is 0 Å². The van der Waals surface area contributed by atoms with Gasteiger partial charge in [0, 0.05) is 0 Å². The first-order valence-corrected chi connectivity index (χ1v) is 9.21. The summed E-state index contributed by atoms with van der Waals surface area (Å²) in [5, 5.41) is 0. The fourth-order valence-electron chi connectivity index (χ4n) is 2.11. The maximum atomic E-state index is 11.3. The predicted molar refractivity (Wildman–Crippen MR) is 87.9 cm³/mol. The van der Waals surface area contributed by atoms with E-state index >= 15 is 0 Å². The highest BCUT2D eigenvalue weighted by Crippen LogP contribution is 2.10. The van der Waals surface area contributed by atoms with Crippen molar-refractivity contribution in [2.75, 3.05) is 12.4 Å². The molecule has 0 bridgehead atoms. The molecule has 1 aromatic rings. The first kappa shape index (κ1) is 17.9. The molecule has 0 saturated carbocycles. The number of hydrogen-bond donors (Lipinski definition) is 0. The van der Waals surface area contributed by atoms with Crippen molar-refractivity contribution >= 4 is 10.1 Å². The van der Waals surface area contributed by atoms with Crippen molar-refractivity contribution < 1.29 is 12.6 Å². The van der Waals surface area contributed by atoms with Gasteiger partial charge in [0.1, 0.15) is 0 Å². The predicted octanol–water partition coefficient (Wildman–Crippen LogP) is 3.88. The number of unbranched alkanes of at least 4 members (excludes halogenated alkanes) is 2. The Bertz CT molecular complexity index is 503. The van der Waals surface area contributed by atoms with Gasteiger partial charge in [0.05, 0.1) is 12.4 Å². The van der Waals surface area contributed by atoms with E-state index in [1.807, 2.05) is 0 Å². The summed E-state index contributed by atoms with van der Waals surface area (Å²) in [4.78, 5) is 0. The topological polar surface area (TPSA) is 43.4 Å². The van der Waals surface area contributed by atoms with Gasteiger partial charge >= 0.3 is 0 Å². The van der Waals surface area contributed by atoms with E-state index in [1.165, 1.54) is 36.5 Å². The molecular formula is C17H26O3S. The minimum absolute atomic E-state index is 0.126. The normalized spacial score (nSPS) is 11.5. The minimum Gasteiger partial charge on any atom is -0.270 e. The highest BCUT2D eigenvalue weighted by Gasteiger charge is 2.07. The maximum Gasteiger partial charge on any atom is 0.270 e. The van der Waals surface area contributed by atoms with Crippen LogP contribution in [0, 0.1) is 0 Å². The smallest absolute Gasteiger partial charge is 0.270 e. The van der Waals surface area contributed by atoms with Crippen molar-refractivity contribution in [3.63, 3.8) is 0 Å². The van der Waals surface area contributed by atoms with E-state index in [1.54, 1.807) is 0 Å². The van der Waals surface area contributed by atoms with E-state index in [0.29, 0.717) is 6.42 Å². The Morgan fingerprint density at radius 2 is 1.62 bits per heavy atom. The molecule has 0 heterocycles. The van der Waals surface area contributed by atoms with Crippen LogP contribution < -0.4 is 0 Å². The maximum absolute atomic E-state index is 11.3. The summed E-state index contributed by atoms with van der Waals surface area (Å²) in [5.74, 6) is -0.126. The van der Waals surface area contributed by atoms with Gasteiger partial charge in [0.15, 0.2) is 0 Å². The highest BCUT2D eigenvalue weighted by molar-refractivity contribution is 7.86. The first-order valence-electron chi connectivity index (χ1n) is 7.63. The second kappa shape index (κ2) is 9.74. The molecule has 0 saturated heterocycles. The van der Waals surface area contributed by atoms with Crippen molar-refractivity contribution in [3.05, 3.63) is 48.0 Å². The third-order valence-electron chi connectivity index (χ3n) is 3.29. The Morgan fingerprint density at radius 1 is 1.05 bits per heavy atom. The second-order valence-corrected chi connectivity index (χ2v) is 6.90. The molecule has 0 aliphatic carbocycles. The third kappa shape index (κ3) is 8.02. The van der Waals surface area contributed by atoms with Crippen LogP contribution in [0.4, 0.5) is 0 Å². The zero-order chi connectivity index (χ0) is 15.6. The first-order chi connectivity index (χ1) is 10.1. The van der Waals surface area contributed by atoms with Crippen molar-refractivity contribution in [3.8, 4) is 0 Å². The molecule has 0 N–H and O–H groups in total. The minimum atomic E-state index is -3.42. The van der Waals surface area contributed by atoms with Crippen molar-refractivity contribution in [1.82, 2.24) is 0 Å². The summed E-state index contributed by atoms with van der Waals surface area (Å²) < 4.78 is 27.5. The van der Waals surface area contributed by atoms with E-state index in [2.05, 4.69) is 37.8 Å². The van der Waals surface area contributed by atoms with Gasteiger partial charge in [-0.1, -0.05) is 50.1 Å². The molecule has 0 aliphatic rings. The van der Waals surface area contributed by atoms with Gasteiger partial charge in [-0.2, -0.15) is 8.42 Å². The Labute approximate surface area is 129 Å². The van der Waals surface area contributed by atoms with Crippen LogP contribution in [-0.4, -0.2) is 20.8 Å². The monoisotopic (exact) mass is 310 g/mol. The molecule has 0 fully saturated rings. The lowest BCUT2D eigenvalue weighted by atomic mass is 10.0. The van der Waals surface area contributed by atoms with Gasteiger partial charge < -0.3 is 0 Å². The molecule has 1 aromatic carbocycles. The van der Waals surface area contributed by atoms with E-state index < -0.39 is 10.1 Å². The molecule has 0 atom stereocenters. The molecule has 0 spiro atoms. The van der Waals surface area contributed by atoms with Crippen molar-refractivity contribution in [1.29, 1.82) is 0 Å². The molecule has 0 aromatic heterocycles. The van der Waals surface area contributed by atoms with E-state index in [4.69, 9.17) is 4.18 Å². The van der Waals surface area contributed by atoms with Gasteiger partial charge in [-0.25, -0.2) is 0 Å². The summed E-state index contributed by atoms with van der Waals surface area (Å²) in [6.07, 6.45) is 7.77. The summed E-state index contributed by atoms with van der Waals surface area (Å²) in [5.41, 5.74) is 2.59. The lowest BCUT2D eigenvalue weighted by Gasteiger charge is -2.05. The summed E-state index contributed by atoms with van der Waals surface area (Å²) in [6, 6.07) is 8.58. The summed E-state index contributed by atoms with van der Waals surface area (Å²) in [7, 11) is -3.42. The molecule has 118 valence electrons. The van der Waals surface area contributed by atoms with Crippen molar-refractivity contribution in [2.24, 2.45) is 0 Å². The Balaban J connectivity index is 2.28. The average Bonchev–Trinajstić information content (AvgIpc) is 2.45. The van der Waals surface area contributed by atoms with Crippen LogP contribution in [0.1, 0.15) is 43.7 Å². The van der Waals surface area contributed by atoms with Gasteiger partial charge in [-0.05, 0) is 36.8 Å². The standard InChI is InChI=1S/C17H26O3S/c1-3-5-6-8-16-10-12-17(13-11-16)9-7-14-20-21(18,19)15-4-2/h4,10-13H,2-3,5-9,14-15H2,1H3. The zero-order valence-corrected chi connectivity index (χ0v) is 13.7. The molecule has 0 radical (unpaired) electrons. The van der Waals surface area contributed by atoms with Crippen LogP contribution >= 0.6 is 0 Å². The number of rotatable bonds is 11. The molecular weight excluding hydrogens is 284 g/mol. The average molecular weight is 310 g/mol. The fourth-order valence-corrected chi connectivity index (χ4v) is 2.86. The molecule has 21 heavy (non-hydrogen) atoms. The SMILES string of the molecule is C=CCS(=O)(=O)OCCCc1ccc(CCCCC)cc1. The number of benzene rings is 1. The third-order valence-corrected chi connectivity index (χ3v) is 4.46. The molecule has 0 amide bonds. The number of hydrogen-bond acceptors (Lipinski definition) is 3. The van der Waals surface area contributed by atoms with Crippen LogP contribution in [0.2, 0.25) is 0 Å². The van der Waals surface area contributed by atoms with E-state index in [0.717, 1.165) is 12.8 Å². The van der Waals surface area contributed by atoms with Gasteiger partial charge in [-0.15, -0.1) is 6.58 Å². The van der Waals surface area contributed by atoms with Gasteiger partial charge in [-0.3, -0.25) is 4.18 Å². The Morgan fingerprint density at radius 3 is 2.14 bits per heavy atom. The highest BCUT2D eigenvalue weighted by atomic mass is 32.2. The Kier molecular flexibility index (Phi) is 8.31. The molecule has 1 rings (SSSR count). The second-order valence-electron chi connectivity index (χ2n) is 5.21. The fraction of sp³-hybridized carbons (Fsp3) is 0.529. The van der Waals surface area contributed by atoms with E-state index in [9.17, 15) is 8.42 Å². The van der Waals surface area contributed by atoms with Gasteiger partial charge in [0.2, 0.25) is 0 Å². The molecule has 0 aliphatic heterocycles. The van der Waals surface area contributed by atoms with Crippen LogP contribution in [-0.2, 0) is 27.1 Å². The molecule has 4 heteroatoms.